The molecule has 0 atom stereocenters. The molecular weight excluding hydrogens is 444 g/mol. The first kappa shape index (κ1) is 22.8. The highest BCUT2D eigenvalue weighted by molar-refractivity contribution is 6.06. The molecule has 0 bridgehead atoms. The van der Waals surface area contributed by atoms with Gasteiger partial charge in [-0.25, -0.2) is 0 Å². The van der Waals surface area contributed by atoms with Crippen LogP contribution >= 0.6 is 0 Å². The minimum absolute atomic E-state index is 0.193. The van der Waals surface area contributed by atoms with Gasteiger partial charge in [0.25, 0.3) is 11.8 Å². The number of anilines is 1. The van der Waals surface area contributed by atoms with Crippen LogP contribution in [0, 0.1) is 0 Å². The van der Waals surface area contributed by atoms with Crippen molar-refractivity contribution in [1.82, 2.24) is 5.32 Å². The molecule has 2 N–H and O–H groups in total. The third-order valence-corrected chi connectivity index (χ3v) is 6.45. The second-order valence-electron chi connectivity index (χ2n) is 8.80. The lowest BCUT2D eigenvalue weighted by Gasteiger charge is -2.32. The quantitative estimate of drug-likeness (QED) is 0.522. The molecule has 2 aliphatic rings. The van der Waals surface area contributed by atoms with Gasteiger partial charge in [0.15, 0.2) is 18.1 Å². The summed E-state index contributed by atoms with van der Waals surface area (Å²) in [7, 11) is 0. The summed E-state index contributed by atoms with van der Waals surface area (Å²) in [6.07, 6.45) is 3.74. The fourth-order valence-electron chi connectivity index (χ4n) is 4.75. The maximum Gasteiger partial charge on any atom is 0.259 e. The zero-order chi connectivity index (χ0) is 24.1. The van der Waals surface area contributed by atoms with Gasteiger partial charge in [-0.05, 0) is 54.8 Å². The van der Waals surface area contributed by atoms with E-state index in [-0.39, 0.29) is 18.4 Å². The van der Waals surface area contributed by atoms with Crippen molar-refractivity contribution in [2.45, 2.75) is 31.2 Å². The van der Waals surface area contributed by atoms with E-state index >= 15 is 0 Å². The van der Waals surface area contributed by atoms with Crippen LogP contribution in [0.4, 0.5) is 5.69 Å². The van der Waals surface area contributed by atoms with Gasteiger partial charge < -0.3 is 24.8 Å². The van der Waals surface area contributed by atoms with Crippen LogP contribution in [-0.2, 0) is 10.3 Å². The normalized spacial score (nSPS) is 15.8. The smallest absolute Gasteiger partial charge is 0.259 e. The van der Waals surface area contributed by atoms with Gasteiger partial charge >= 0.3 is 0 Å². The Kier molecular flexibility index (Phi) is 6.57. The third-order valence-electron chi connectivity index (χ3n) is 6.45. The second kappa shape index (κ2) is 10.1. The van der Waals surface area contributed by atoms with Crippen LogP contribution < -0.4 is 24.8 Å². The number of hydrogen-bond acceptors (Lipinski definition) is 5. The Bertz CT molecular complexity index is 1200. The van der Waals surface area contributed by atoms with Crippen molar-refractivity contribution in [2.24, 2.45) is 0 Å². The van der Waals surface area contributed by atoms with Gasteiger partial charge in [-0.3, -0.25) is 9.59 Å². The molecule has 1 aliphatic heterocycles. The Morgan fingerprint density at radius 1 is 0.857 bits per heavy atom. The van der Waals surface area contributed by atoms with Crippen LogP contribution in [0.1, 0.15) is 41.6 Å². The predicted octanol–water partition coefficient (Wildman–Crippen LogP) is 4.67. The SMILES string of the molecule is O=C(COc1ccccc1C(=O)Nc1ccccc1)NC1(c2ccc3c(c2)OCCO3)CCCC1. The van der Waals surface area contributed by atoms with E-state index in [0.717, 1.165) is 37.0 Å². The van der Waals surface area contributed by atoms with Crippen molar-refractivity contribution in [3.8, 4) is 17.2 Å². The molecule has 0 saturated heterocycles. The summed E-state index contributed by atoms with van der Waals surface area (Å²) in [4.78, 5) is 25.8. The first-order valence-corrected chi connectivity index (χ1v) is 11.9. The molecule has 35 heavy (non-hydrogen) atoms. The van der Waals surface area contributed by atoms with Gasteiger partial charge in [-0.15, -0.1) is 0 Å². The average molecular weight is 473 g/mol. The summed E-state index contributed by atoms with van der Waals surface area (Å²) in [5.74, 6) is 1.27. The van der Waals surface area contributed by atoms with E-state index in [2.05, 4.69) is 10.6 Å². The molecular formula is C28H28N2O5. The molecule has 1 saturated carbocycles. The van der Waals surface area contributed by atoms with E-state index in [1.165, 1.54) is 0 Å². The summed E-state index contributed by atoms with van der Waals surface area (Å²) in [5.41, 5.74) is 1.59. The zero-order valence-electron chi connectivity index (χ0n) is 19.4. The number of carbonyl (C=O) groups excluding carboxylic acids is 2. The largest absolute Gasteiger partial charge is 0.486 e. The third kappa shape index (κ3) is 5.09. The van der Waals surface area contributed by atoms with E-state index < -0.39 is 5.54 Å². The van der Waals surface area contributed by atoms with Crippen molar-refractivity contribution in [3.05, 3.63) is 83.9 Å². The van der Waals surface area contributed by atoms with E-state index in [1.807, 2.05) is 48.5 Å². The van der Waals surface area contributed by atoms with Crippen molar-refractivity contribution in [2.75, 3.05) is 25.1 Å². The van der Waals surface area contributed by atoms with E-state index in [4.69, 9.17) is 14.2 Å². The number of ether oxygens (including phenoxy) is 3. The highest BCUT2D eigenvalue weighted by Crippen LogP contribution is 2.42. The van der Waals surface area contributed by atoms with Gasteiger partial charge in [0.1, 0.15) is 19.0 Å². The van der Waals surface area contributed by atoms with E-state index in [9.17, 15) is 9.59 Å². The lowest BCUT2D eigenvalue weighted by molar-refractivity contribution is -0.125. The standard InChI is InChI=1S/C28H28N2O5/c31-26(19-35-23-11-5-4-10-22(23)27(32)29-21-8-2-1-3-9-21)30-28(14-6-7-15-28)20-12-13-24-25(18-20)34-17-16-33-24/h1-5,8-13,18H,6-7,14-17,19H2,(H,29,32)(H,30,31). The fraction of sp³-hybridized carbons (Fsp3) is 0.286. The molecule has 0 unspecified atom stereocenters. The van der Waals surface area contributed by atoms with E-state index in [0.29, 0.717) is 36.0 Å². The minimum atomic E-state index is -0.472. The topological polar surface area (TPSA) is 85.9 Å². The molecule has 3 aromatic rings. The van der Waals surface area contributed by atoms with Crippen molar-refractivity contribution in [1.29, 1.82) is 0 Å². The average Bonchev–Trinajstić information content (AvgIpc) is 3.37. The monoisotopic (exact) mass is 472 g/mol. The zero-order valence-corrected chi connectivity index (χ0v) is 19.4. The molecule has 180 valence electrons. The number of carbonyl (C=O) groups is 2. The second-order valence-corrected chi connectivity index (χ2v) is 8.80. The molecule has 2 amide bonds. The number of nitrogens with one attached hydrogen (secondary N) is 2. The molecule has 1 fully saturated rings. The van der Waals surface area contributed by atoms with Crippen LogP contribution in [-0.4, -0.2) is 31.6 Å². The van der Waals surface area contributed by atoms with Crippen LogP contribution in [0.25, 0.3) is 0 Å². The lowest BCUT2D eigenvalue weighted by Crippen LogP contribution is -2.45. The summed E-state index contributed by atoms with van der Waals surface area (Å²) >= 11 is 0. The summed E-state index contributed by atoms with van der Waals surface area (Å²) in [6, 6.07) is 22.0. The minimum Gasteiger partial charge on any atom is -0.486 e. The molecule has 0 aromatic heterocycles. The Hall–Kier alpha value is -4.00. The Morgan fingerprint density at radius 2 is 1.57 bits per heavy atom. The molecule has 0 radical (unpaired) electrons. The number of amides is 2. The van der Waals surface area contributed by atoms with Crippen LogP contribution in [0.3, 0.4) is 0 Å². The van der Waals surface area contributed by atoms with Gasteiger partial charge in [-0.1, -0.05) is 49.2 Å². The van der Waals surface area contributed by atoms with Gasteiger partial charge in [-0.2, -0.15) is 0 Å². The lowest BCUT2D eigenvalue weighted by atomic mass is 9.87. The number of para-hydroxylation sites is 2. The Labute approximate surface area is 204 Å². The van der Waals surface area contributed by atoms with Crippen molar-refractivity contribution in [3.63, 3.8) is 0 Å². The number of benzene rings is 3. The highest BCUT2D eigenvalue weighted by atomic mass is 16.6. The number of rotatable bonds is 7. The fourth-order valence-corrected chi connectivity index (χ4v) is 4.75. The molecule has 3 aromatic carbocycles. The Morgan fingerprint density at radius 3 is 2.37 bits per heavy atom. The molecule has 5 rings (SSSR count). The maximum absolute atomic E-state index is 13.0. The molecule has 1 heterocycles. The maximum atomic E-state index is 13.0. The first-order valence-electron chi connectivity index (χ1n) is 11.9. The summed E-state index contributed by atoms with van der Waals surface area (Å²) in [6.45, 7) is 0.860. The highest BCUT2D eigenvalue weighted by Gasteiger charge is 2.38. The molecule has 1 aliphatic carbocycles. The molecule has 0 spiro atoms. The van der Waals surface area contributed by atoms with E-state index in [1.54, 1.807) is 24.3 Å². The summed E-state index contributed by atoms with van der Waals surface area (Å²) in [5, 5.41) is 6.07. The molecule has 7 heteroatoms. The van der Waals surface area contributed by atoms with Crippen molar-refractivity contribution < 1.29 is 23.8 Å². The summed E-state index contributed by atoms with van der Waals surface area (Å²) < 4.78 is 17.2. The predicted molar refractivity (Wildman–Crippen MR) is 132 cm³/mol. The van der Waals surface area contributed by atoms with Crippen LogP contribution in [0.5, 0.6) is 17.2 Å². The van der Waals surface area contributed by atoms with Crippen LogP contribution in [0.2, 0.25) is 0 Å². The Balaban J connectivity index is 1.27. The number of hydrogen-bond donors (Lipinski definition) is 2. The van der Waals surface area contributed by atoms with Crippen LogP contribution in [0.15, 0.2) is 72.8 Å². The number of fused-ring (bicyclic) bond motifs is 1. The van der Waals surface area contributed by atoms with Crippen molar-refractivity contribution >= 4 is 17.5 Å². The molecule has 7 nitrogen and oxygen atoms in total. The van der Waals surface area contributed by atoms with Gasteiger partial charge in [0, 0.05) is 5.69 Å². The van der Waals surface area contributed by atoms with Gasteiger partial charge in [0.2, 0.25) is 0 Å². The van der Waals surface area contributed by atoms with Gasteiger partial charge in [0.05, 0.1) is 11.1 Å². The first-order chi connectivity index (χ1) is 17.1.